The van der Waals surface area contributed by atoms with E-state index in [0.717, 1.165) is 24.3 Å². The molecule has 1 amide bonds. The van der Waals surface area contributed by atoms with Crippen LogP contribution in [0.1, 0.15) is 26.6 Å². The zero-order valence-electron chi connectivity index (χ0n) is 17.0. The number of nitrogens with one attached hydrogen (secondary N) is 2. The molecular weight excluding hydrogens is 427 g/mol. The molecule has 0 aliphatic carbocycles. The van der Waals surface area contributed by atoms with E-state index in [4.69, 9.17) is 9.26 Å². The highest BCUT2D eigenvalue weighted by Crippen LogP contribution is 2.27. The van der Waals surface area contributed by atoms with Gasteiger partial charge in [0.2, 0.25) is 10.0 Å². The monoisotopic (exact) mass is 448 g/mol. The molecule has 11 heteroatoms. The number of halogens is 1. The van der Waals surface area contributed by atoms with Gasteiger partial charge in [-0.1, -0.05) is 17.3 Å². The van der Waals surface area contributed by atoms with Crippen molar-refractivity contribution >= 4 is 21.8 Å². The summed E-state index contributed by atoms with van der Waals surface area (Å²) < 4.78 is 50.4. The predicted octanol–water partition coefficient (Wildman–Crippen LogP) is 3.70. The van der Waals surface area contributed by atoms with Crippen molar-refractivity contribution in [3.05, 3.63) is 60.2 Å². The van der Waals surface area contributed by atoms with Gasteiger partial charge in [-0.05, 0) is 57.2 Å². The Kier molecular flexibility index (Phi) is 6.37. The number of amides is 1. The summed E-state index contributed by atoms with van der Waals surface area (Å²) in [6.45, 7) is 4.99. The van der Waals surface area contributed by atoms with Gasteiger partial charge in [0, 0.05) is 0 Å². The average Bonchev–Trinajstić information content (AvgIpc) is 3.15. The van der Waals surface area contributed by atoms with Gasteiger partial charge in [-0.2, -0.15) is 4.98 Å². The lowest BCUT2D eigenvalue weighted by Gasteiger charge is -2.20. The highest BCUT2D eigenvalue weighted by molar-refractivity contribution is 7.89. The standard InChI is InChI=1S/C20H21FN4O5S/c1-20(2,3)29-19(26)23-16-7-5-4-6-15(16)18-24-17(25-30-18)12-22-31(27,28)14-10-8-13(21)9-11-14/h4-11,22H,12H2,1-3H3,(H,23,26). The van der Waals surface area contributed by atoms with Gasteiger partial charge in [0.15, 0.2) is 5.82 Å². The number of para-hydroxylation sites is 1. The van der Waals surface area contributed by atoms with Crippen LogP contribution in [0.2, 0.25) is 0 Å². The van der Waals surface area contributed by atoms with Crippen LogP contribution in [0.5, 0.6) is 0 Å². The molecule has 0 aliphatic rings. The third kappa shape index (κ3) is 6.09. The molecule has 31 heavy (non-hydrogen) atoms. The topological polar surface area (TPSA) is 123 Å². The van der Waals surface area contributed by atoms with Crippen molar-refractivity contribution in [2.24, 2.45) is 0 Å². The zero-order valence-corrected chi connectivity index (χ0v) is 17.9. The van der Waals surface area contributed by atoms with E-state index in [2.05, 4.69) is 20.2 Å². The lowest BCUT2D eigenvalue weighted by molar-refractivity contribution is 0.0636. The van der Waals surface area contributed by atoms with Crippen molar-refractivity contribution in [3.63, 3.8) is 0 Å². The molecule has 0 unspecified atom stereocenters. The molecule has 3 aromatic rings. The van der Waals surface area contributed by atoms with Gasteiger partial charge in [0.1, 0.15) is 11.4 Å². The first-order chi connectivity index (χ1) is 14.5. The summed E-state index contributed by atoms with van der Waals surface area (Å²) in [5, 5.41) is 6.39. The molecule has 164 valence electrons. The number of ether oxygens (including phenoxy) is 1. The van der Waals surface area contributed by atoms with Gasteiger partial charge < -0.3 is 9.26 Å². The molecule has 0 radical (unpaired) electrons. The summed E-state index contributed by atoms with van der Waals surface area (Å²) in [7, 11) is -3.88. The Hall–Kier alpha value is -3.31. The van der Waals surface area contributed by atoms with Gasteiger partial charge in [0.05, 0.1) is 22.7 Å². The molecule has 3 rings (SSSR count). The molecule has 1 heterocycles. The number of carbonyl (C=O) groups is 1. The van der Waals surface area contributed by atoms with E-state index >= 15 is 0 Å². The van der Waals surface area contributed by atoms with Crippen LogP contribution in [-0.4, -0.2) is 30.3 Å². The highest BCUT2D eigenvalue weighted by Gasteiger charge is 2.20. The van der Waals surface area contributed by atoms with Gasteiger partial charge >= 0.3 is 6.09 Å². The number of hydrogen-bond donors (Lipinski definition) is 2. The number of nitrogens with zero attached hydrogens (tertiary/aromatic N) is 2. The Morgan fingerprint density at radius 2 is 1.81 bits per heavy atom. The van der Waals surface area contributed by atoms with E-state index in [-0.39, 0.29) is 23.2 Å². The number of anilines is 1. The molecule has 0 atom stereocenters. The number of rotatable bonds is 6. The fraction of sp³-hybridized carbons (Fsp3) is 0.250. The quantitative estimate of drug-likeness (QED) is 0.589. The third-order valence-corrected chi connectivity index (χ3v) is 5.22. The van der Waals surface area contributed by atoms with E-state index in [0.29, 0.717) is 11.3 Å². The van der Waals surface area contributed by atoms with Gasteiger partial charge in [-0.15, -0.1) is 0 Å². The number of hydrogen-bond acceptors (Lipinski definition) is 7. The van der Waals surface area contributed by atoms with Gasteiger partial charge in [0.25, 0.3) is 5.89 Å². The van der Waals surface area contributed by atoms with Gasteiger partial charge in [-0.3, -0.25) is 5.32 Å². The molecule has 2 aromatic carbocycles. The molecule has 0 fully saturated rings. The number of benzene rings is 2. The number of carbonyl (C=O) groups excluding carboxylic acids is 1. The molecule has 0 bridgehead atoms. The second-order valence-electron chi connectivity index (χ2n) is 7.47. The molecule has 9 nitrogen and oxygen atoms in total. The maximum absolute atomic E-state index is 13.0. The summed E-state index contributed by atoms with van der Waals surface area (Å²) in [4.78, 5) is 16.2. The second kappa shape index (κ2) is 8.82. The zero-order chi connectivity index (χ0) is 22.6. The Bertz CT molecular complexity index is 1170. The second-order valence-corrected chi connectivity index (χ2v) is 9.23. The summed E-state index contributed by atoms with van der Waals surface area (Å²) in [5.74, 6) is -0.379. The summed E-state index contributed by atoms with van der Waals surface area (Å²) in [6, 6.07) is 11.1. The Balaban J connectivity index is 1.72. The van der Waals surface area contributed by atoms with Crippen LogP contribution in [0.15, 0.2) is 57.9 Å². The molecule has 0 saturated heterocycles. The summed E-state index contributed by atoms with van der Waals surface area (Å²) >= 11 is 0. The first-order valence-electron chi connectivity index (χ1n) is 9.21. The Labute approximate surface area is 178 Å². The van der Waals surface area contributed by atoms with Crippen LogP contribution in [0, 0.1) is 5.82 Å². The van der Waals surface area contributed by atoms with Crippen LogP contribution >= 0.6 is 0 Å². The van der Waals surface area contributed by atoms with Crippen molar-refractivity contribution in [3.8, 4) is 11.5 Å². The van der Waals surface area contributed by atoms with Crippen LogP contribution in [-0.2, 0) is 21.3 Å². The molecular formula is C20H21FN4O5S. The minimum absolute atomic E-state index is 0.0766. The third-order valence-electron chi connectivity index (χ3n) is 3.81. The SMILES string of the molecule is CC(C)(C)OC(=O)Nc1ccccc1-c1nc(CNS(=O)(=O)c2ccc(F)cc2)no1. The number of aromatic nitrogens is 2. The molecule has 0 aliphatic heterocycles. The minimum Gasteiger partial charge on any atom is -0.444 e. The van der Waals surface area contributed by atoms with E-state index in [1.54, 1.807) is 45.0 Å². The predicted molar refractivity (Wildman–Crippen MR) is 110 cm³/mol. The smallest absolute Gasteiger partial charge is 0.412 e. The normalized spacial score (nSPS) is 11.9. The van der Waals surface area contributed by atoms with E-state index in [1.165, 1.54) is 0 Å². The van der Waals surface area contributed by atoms with Crippen molar-refractivity contribution in [2.45, 2.75) is 37.8 Å². The molecule has 0 spiro atoms. The first kappa shape index (κ1) is 22.4. The largest absolute Gasteiger partial charge is 0.444 e. The Morgan fingerprint density at radius 1 is 1.13 bits per heavy atom. The van der Waals surface area contributed by atoms with Crippen LogP contribution in [0.25, 0.3) is 11.5 Å². The molecule has 2 N–H and O–H groups in total. The molecule has 0 saturated carbocycles. The van der Waals surface area contributed by atoms with Crippen molar-refractivity contribution in [1.82, 2.24) is 14.9 Å². The fourth-order valence-corrected chi connectivity index (χ4v) is 3.46. The van der Waals surface area contributed by atoms with Crippen molar-refractivity contribution in [2.75, 3.05) is 5.32 Å². The first-order valence-corrected chi connectivity index (χ1v) is 10.7. The van der Waals surface area contributed by atoms with Crippen molar-refractivity contribution in [1.29, 1.82) is 0 Å². The highest BCUT2D eigenvalue weighted by atomic mass is 32.2. The summed E-state index contributed by atoms with van der Waals surface area (Å²) in [5.41, 5.74) is 0.158. The number of sulfonamides is 1. The minimum atomic E-state index is -3.88. The fourth-order valence-electron chi connectivity index (χ4n) is 2.48. The maximum Gasteiger partial charge on any atom is 0.412 e. The van der Waals surface area contributed by atoms with Crippen LogP contribution in [0.3, 0.4) is 0 Å². The average molecular weight is 448 g/mol. The molecule has 1 aromatic heterocycles. The van der Waals surface area contributed by atoms with Crippen LogP contribution in [0.4, 0.5) is 14.9 Å². The maximum atomic E-state index is 13.0. The Morgan fingerprint density at radius 3 is 2.48 bits per heavy atom. The summed E-state index contributed by atoms with van der Waals surface area (Å²) in [6.07, 6.45) is -0.647. The lowest BCUT2D eigenvalue weighted by Crippen LogP contribution is -2.27. The lowest BCUT2D eigenvalue weighted by atomic mass is 10.2. The van der Waals surface area contributed by atoms with Crippen molar-refractivity contribution < 1.29 is 26.9 Å². The van der Waals surface area contributed by atoms with E-state index in [1.807, 2.05) is 0 Å². The van der Waals surface area contributed by atoms with Crippen LogP contribution < -0.4 is 10.0 Å². The van der Waals surface area contributed by atoms with Gasteiger partial charge in [-0.25, -0.2) is 22.3 Å². The van der Waals surface area contributed by atoms with E-state index < -0.39 is 27.5 Å². The van der Waals surface area contributed by atoms with E-state index in [9.17, 15) is 17.6 Å².